The number of hydrogen-bond donors (Lipinski definition) is 1. The van der Waals surface area contributed by atoms with Gasteiger partial charge in [0.15, 0.2) is 0 Å². The summed E-state index contributed by atoms with van der Waals surface area (Å²) in [5, 5.41) is 0. The molecule has 1 aromatic heterocycles. The van der Waals surface area contributed by atoms with Crippen molar-refractivity contribution in [1.82, 2.24) is 9.71 Å². The lowest BCUT2D eigenvalue weighted by atomic mass is 10.0. The number of pyridine rings is 1. The summed E-state index contributed by atoms with van der Waals surface area (Å²) in [6.07, 6.45) is 0. The Labute approximate surface area is 147 Å². The molecule has 1 N–H and O–H groups in total. The highest BCUT2D eigenvalue weighted by Gasteiger charge is 2.31. The molecule has 3 nitrogen and oxygen atoms in total. The number of nitrogens with one attached hydrogen (secondary N) is 1. The first kappa shape index (κ1) is 18.9. The van der Waals surface area contributed by atoms with Crippen LogP contribution in [0.3, 0.4) is 0 Å². The van der Waals surface area contributed by atoms with E-state index < -0.39 is 28.1 Å². The summed E-state index contributed by atoms with van der Waals surface area (Å²) in [5.74, 6) is -0.398. The SMILES string of the molecule is CC(C)c1ccc(C(N[S+]([O-])C(C)(C)C)c2ccccc2)nc1F. The molecule has 2 atom stereocenters. The molecule has 0 bridgehead atoms. The van der Waals surface area contributed by atoms with Crippen molar-refractivity contribution in [1.29, 1.82) is 0 Å². The molecule has 2 unspecified atom stereocenters. The van der Waals surface area contributed by atoms with Gasteiger partial charge in [0.2, 0.25) is 5.95 Å². The lowest BCUT2D eigenvalue weighted by molar-refractivity contribution is 0.523. The molecule has 2 rings (SSSR count). The maximum atomic E-state index is 14.3. The van der Waals surface area contributed by atoms with Gasteiger partial charge in [0.1, 0.15) is 10.8 Å². The normalized spacial score (nSPS) is 14.7. The Bertz CT molecular complexity index is 671. The van der Waals surface area contributed by atoms with Crippen LogP contribution < -0.4 is 4.72 Å². The van der Waals surface area contributed by atoms with Crippen LogP contribution in [0.4, 0.5) is 4.39 Å². The molecule has 0 aliphatic carbocycles. The minimum Gasteiger partial charge on any atom is -0.598 e. The van der Waals surface area contributed by atoms with E-state index in [2.05, 4.69) is 9.71 Å². The molecule has 0 spiro atoms. The zero-order valence-electron chi connectivity index (χ0n) is 14.8. The van der Waals surface area contributed by atoms with Crippen molar-refractivity contribution in [2.45, 2.75) is 51.3 Å². The molecule has 5 heteroatoms. The molecule has 2 aromatic rings. The van der Waals surface area contributed by atoms with Crippen LogP contribution in [-0.2, 0) is 11.4 Å². The number of hydrogen-bond acceptors (Lipinski definition) is 3. The van der Waals surface area contributed by atoms with Crippen molar-refractivity contribution in [3.05, 3.63) is 65.2 Å². The van der Waals surface area contributed by atoms with Gasteiger partial charge in [-0.2, -0.15) is 4.39 Å². The third kappa shape index (κ3) is 4.56. The Morgan fingerprint density at radius 2 is 1.71 bits per heavy atom. The van der Waals surface area contributed by atoms with E-state index in [0.717, 1.165) is 5.56 Å². The van der Waals surface area contributed by atoms with E-state index in [1.54, 1.807) is 6.07 Å². The van der Waals surface area contributed by atoms with Crippen molar-refractivity contribution in [2.24, 2.45) is 0 Å². The van der Waals surface area contributed by atoms with Crippen molar-refractivity contribution in [3.63, 3.8) is 0 Å². The van der Waals surface area contributed by atoms with E-state index in [-0.39, 0.29) is 5.92 Å². The number of nitrogens with zero attached hydrogens (tertiary/aromatic N) is 1. The van der Waals surface area contributed by atoms with Gasteiger partial charge >= 0.3 is 0 Å². The highest BCUT2D eigenvalue weighted by molar-refractivity contribution is 7.90. The Hall–Kier alpha value is -1.43. The fourth-order valence-electron chi connectivity index (χ4n) is 2.28. The minimum absolute atomic E-state index is 0.0680. The van der Waals surface area contributed by atoms with Crippen molar-refractivity contribution >= 4 is 11.4 Å². The summed E-state index contributed by atoms with van der Waals surface area (Å²) >= 11 is -1.30. The van der Waals surface area contributed by atoms with Crippen LogP contribution in [0.1, 0.15) is 63.4 Å². The predicted molar refractivity (Wildman–Crippen MR) is 97.6 cm³/mol. The average molecular weight is 348 g/mol. The second kappa shape index (κ2) is 7.64. The number of halogens is 1. The fraction of sp³-hybridized carbons (Fsp3) is 0.421. The van der Waals surface area contributed by atoms with Crippen LogP contribution >= 0.6 is 0 Å². The van der Waals surface area contributed by atoms with Crippen LogP contribution in [-0.4, -0.2) is 14.3 Å². The molecule has 0 aliphatic rings. The van der Waals surface area contributed by atoms with Crippen LogP contribution in [0.5, 0.6) is 0 Å². The Balaban J connectivity index is 2.41. The topological polar surface area (TPSA) is 48.0 Å². The van der Waals surface area contributed by atoms with Crippen LogP contribution in [0.15, 0.2) is 42.5 Å². The zero-order valence-corrected chi connectivity index (χ0v) is 15.7. The highest BCUT2D eigenvalue weighted by Crippen LogP contribution is 2.26. The molecule has 0 saturated carbocycles. The van der Waals surface area contributed by atoms with E-state index in [0.29, 0.717) is 11.3 Å². The number of benzene rings is 1. The summed E-state index contributed by atoms with van der Waals surface area (Å²) in [6.45, 7) is 9.55. The summed E-state index contributed by atoms with van der Waals surface area (Å²) < 4.78 is 29.6. The minimum atomic E-state index is -1.30. The maximum Gasteiger partial charge on any atom is 0.216 e. The van der Waals surface area contributed by atoms with Gasteiger partial charge in [0, 0.05) is 16.9 Å². The van der Waals surface area contributed by atoms with E-state index in [9.17, 15) is 8.94 Å². The number of aromatic nitrogens is 1. The van der Waals surface area contributed by atoms with Gasteiger partial charge < -0.3 is 4.55 Å². The standard InChI is InChI=1S/C19H25FN2OS/c1-13(2)15-11-12-16(21-18(15)20)17(14-9-7-6-8-10-14)22-24(23)19(3,4)5/h6-13,17,22H,1-5H3. The van der Waals surface area contributed by atoms with Gasteiger partial charge in [-0.1, -0.05) is 50.2 Å². The average Bonchev–Trinajstić information content (AvgIpc) is 2.51. The van der Waals surface area contributed by atoms with Crippen molar-refractivity contribution in [2.75, 3.05) is 0 Å². The number of rotatable bonds is 5. The Kier molecular flexibility index (Phi) is 6.01. The molecular formula is C19H25FN2OS. The molecule has 24 heavy (non-hydrogen) atoms. The van der Waals surface area contributed by atoms with Gasteiger partial charge in [-0.25, -0.2) is 4.98 Å². The van der Waals surface area contributed by atoms with E-state index in [1.165, 1.54) is 0 Å². The van der Waals surface area contributed by atoms with Gasteiger partial charge in [-0.05, 0) is 38.3 Å². The molecule has 0 aliphatic heterocycles. The van der Waals surface area contributed by atoms with Crippen molar-refractivity contribution < 1.29 is 8.94 Å². The second-order valence-corrected chi connectivity index (χ2v) is 9.11. The first-order valence-electron chi connectivity index (χ1n) is 8.09. The van der Waals surface area contributed by atoms with E-state index >= 15 is 0 Å². The maximum absolute atomic E-state index is 14.3. The predicted octanol–water partition coefficient (Wildman–Crippen LogP) is 4.49. The summed E-state index contributed by atoms with van der Waals surface area (Å²) in [4.78, 5) is 4.14. The summed E-state index contributed by atoms with van der Waals surface area (Å²) in [7, 11) is 0. The Morgan fingerprint density at radius 1 is 1.08 bits per heavy atom. The van der Waals surface area contributed by atoms with Crippen LogP contribution in [0.25, 0.3) is 0 Å². The van der Waals surface area contributed by atoms with Gasteiger partial charge in [0.25, 0.3) is 0 Å². The zero-order chi connectivity index (χ0) is 17.9. The third-order valence-electron chi connectivity index (χ3n) is 3.73. The van der Waals surface area contributed by atoms with Crippen LogP contribution in [0.2, 0.25) is 0 Å². The molecule has 130 valence electrons. The molecule has 1 aromatic carbocycles. The first-order chi connectivity index (χ1) is 11.2. The molecule has 0 radical (unpaired) electrons. The molecular weight excluding hydrogens is 323 g/mol. The molecule has 0 fully saturated rings. The molecule has 0 saturated heterocycles. The summed E-state index contributed by atoms with van der Waals surface area (Å²) in [5.41, 5.74) is 2.02. The quantitative estimate of drug-likeness (QED) is 0.640. The van der Waals surface area contributed by atoms with Gasteiger partial charge in [-0.3, -0.25) is 0 Å². The first-order valence-corrected chi connectivity index (χ1v) is 9.24. The van der Waals surface area contributed by atoms with E-state index in [1.807, 2.05) is 71.0 Å². The third-order valence-corrected chi connectivity index (χ3v) is 5.29. The highest BCUT2D eigenvalue weighted by atomic mass is 32.2. The monoisotopic (exact) mass is 348 g/mol. The van der Waals surface area contributed by atoms with E-state index in [4.69, 9.17) is 0 Å². The van der Waals surface area contributed by atoms with Gasteiger partial charge in [0.05, 0.1) is 5.69 Å². The fourth-order valence-corrected chi connectivity index (χ4v) is 3.10. The Morgan fingerprint density at radius 3 is 2.21 bits per heavy atom. The molecule has 1 heterocycles. The van der Waals surface area contributed by atoms with Crippen LogP contribution in [0, 0.1) is 5.95 Å². The largest absolute Gasteiger partial charge is 0.598 e. The molecule has 0 amide bonds. The smallest absolute Gasteiger partial charge is 0.216 e. The lowest BCUT2D eigenvalue weighted by Crippen LogP contribution is -2.41. The second-order valence-electron chi connectivity index (χ2n) is 7.11. The van der Waals surface area contributed by atoms with Gasteiger partial charge in [-0.15, -0.1) is 4.72 Å². The summed E-state index contributed by atoms with van der Waals surface area (Å²) in [6, 6.07) is 12.7. The van der Waals surface area contributed by atoms with Crippen molar-refractivity contribution in [3.8, 4) is 0 Å². The lowest BCUT2D eigenvalue weighted by Gasteiger charge is -2.28.